The van der Waals surface area contributed by atoms with Gasteiger partial charge in [-0.2, -0.15) is 0 Å². The summed E-state index contributed by atoms with van der Waals surface area (Å²) in [5.74, 6) is 1.08. The summed E-state index contributed by atoms with van der Waals surface area (Å²) >= 11 is 0. The molecule has 126 valence electrons. The minimum atomic E-state index is -0.611. The zero-order valence-corrected chi connectivity index (χ0v) is 14.8. The molecule has 0 unspecified atom stereocenters. The highest BCUT2D eigenvalue weighted by molar-refractivity contribution is 6.63. The van der Waals surface area contributed by atoms with E-state index < -0.39 is 18.3 Å². The fraction of sp³-hybridized carbons (Fsp3) is 0.588. The molecular weight excluding hydrogens is 295 g/mol. The van der Waals surface area contributed by atoms with Crippen LogP contribution in [0.25, 0.3) is 0 Å². The quantitative estimate of drug-likeness (QED) is 0.596. The molecule has 0 bridgehead atoms. The normalized spacial score (nSPS) is 18.8. The number of carbonyl (C=O) groups is 1. The van der Waals surface area contributed by atoms with E-state index in [0.29, 0.717) is 29.1 Å². The first-order chi connectivity index (χ1) is 10.8. The molecule has 0 saturated carbocycles. The van der Waals surface area contributed by atoms with Gasteiger partial charge in [0.1, 0.15) is 6.29 Å². The van der Waals surface area contributed by atoms with Crippen molar-refractivity contribution in [2.75, 3.05) is 13.7 Å². The Bertz CT molecular complexity index is 567. The summed E-state index contributed by atoms with van der Waals surface area (Å²) in [6.45, 7) is 10.5. The largest absolute Gasteiger partial charge is 0.498 e. The van der Waals surface area contributed by atoms with E-state index in [1.807, 2.05) is 34.6 Å². The van der Waals surface area contributed by atoms with Crippen molar-refractivity contribution in [3.05, 3.63) is 17.7 Å². The molecule has 1 aliphatic rings. The third kappa shape index (κ3) is 3.38. The minimum Gasteiger partial charge on any atom is -0.493 e. The van der Waals surface area contributed by atoms with Gasteiger partial charge in [0, 0.05) is 11.0 Å². The summed E-state index contributed by atoms with van der Waals surface area (Å²) in [5, 5.41) is 0. The smallest absolute Gasteiger partial charge is 0.493 e. The Hall–Kier alpha value is -1.53. The maximum Gasteiger partial charge on any atom is 0.498 e. The van der Waals surface area contributed by atoms with Gasteiger partial charge >= 0.3 is 7.12 Å². The molecule has 1 aromatic carbocycles. The summed E-state index contributed by atoms with van der Waals surface area (Å²) in [6.07, 6.45) is 1.64. The number of aldehydes is 1. The number of benzene rings is 1. The van der Waals surface area contributed by atoms with E-state index in [2.05, 4.69) is 0 Å². The van der Waals surface area contributed by atoms with Crippen molar-refractivity contribution < 1.29 is 23.6 Å². The van der Waals surface area contributed by atoms with Crippen molar-refractivity contribution in [3.8, 4) is 11.5 Å². The van der Waals surface area contributed by atoms with Crippen LogP contribution in [0.1, 0.15) is 51.4 Å². The molecule has 1 aromatic rings. The van der Waals surface area contributed by atoms with Crippen LogP contribution in [0.3, 0.4) is 0 Å². The van der Waals surface area contributed by atoms with Crippen LogP contribution in [0.15, 0.2) is 12.1 Å². The lowest BCUT2D eigenvalue weighted by Gasteiger charge is -2.32. The zero-order valence-electron chi connectivity index (χ0n) is 14.8. The molecule has 0 aromatic heterocycles. The number of hydrogen-bond acceptors (Lipinski definition) is 5. The molecule has 1 fully saturated rings. The van der Waals surface area contributed by atoms with Crippen LogP contribution in [-0.4, -0.2) is 38.3 Å². The van der Waals surface area contributed by atoms with Crippen LogP contribution in [0.5, 0.6) is 11.5 Å². The predicted octanol–water partition coefficient (Wildman–Crippen LogP) is 2.60. The van der Waals surface area contributed by atoms with Crippen LogP contribution in [0.4, 0.5) is 0 Å². The topological polar surface area (TPSA) is 54.0 Å². The third-order valence-electron chi connectivity index (χ3n) is 4.42. The molecule has 0 spiro atoms. The Morgan fingerprint density at radius 2 is 1.78 bits per heavy atom. The van der Waals surface area contributed by atoms with Crippen LogP contribution >= 0.6 is 0 Å². The van der Waals surface area contributed by atoms with Crippen LogP contribution in [0.2, 0.25) is 0 Å². The van der Waals surface area contributed by atoms with Crippen molar-refractivity contribution in [2.45, 2.75) is 52.2 Å². The first-order valence-electron chi connectivity index (χ1n) is 7.91. The molecule has 0 atom stereocenters. The fourth-order valence-corrected chi connectivity index (χ4v) is 2.37. The Morgan fingerprint density at radius 3 is 2.26 bits per heavy atom. The Morgan fingerprint density at radius 1 is 1.17 bits per heavy atom. The second kappa shape index (κ2) is 6.53. The fourth-order valence-electron chi connectivity index (χ4n) is 2.37. The lowest BCUT2D eigenvalue weighted by atomic mass is 9.77. The van der Waals surface area contributed by atoms with Gasteiger partial charge < -0.3 is 18.8 Å². The molecule has 0 N–H and O–H groups in total. The average molecular weight is 320 g/mol. The van der Waals surface area contributed by atoms with Gasteiger partial charge in [0.05, 0.1) is 24.9 Å². The lowest BCUT2D eigenvalue weighted by Crippen LogP contribution is -2.41. The van der Waals surface area contributed by atoms with Crippen LogP contribution < -0.4 is 14.9 Å². The molecule has 5 nitrogen and oxygen atoms in total. The monoisotopic (exact) mass is 320 g/mol. The molecule has 2 rings (SSSR count). The highest BCUT2D eigenvalue weighted by Gasteiger charge is 2.52. The van der Waals surface area contributed by atoms with Gasteiger partial charge in [-0.15, -0.1) is 0 Å². The number of methoxy groups -OCH3 is 1. The Kier molecular flexibility index (Phi) is 5.06. The van der Waals surface area contributed by atoms with E-state index in [9.17, 15) is 4.79 Å². The molecule has 0 radical (unpaired) electrons. The molecule has 1 aliphatic heterocycles. The van der Waals surface area contributed by atoms with Gasteiger partial charge in [-0.3, -0.25) is 4.79 Å². The van der Waals surface area contributed by atoms with Crippen LogP contribution in [0, 0.1) is 0 Å². The van der Waals surface area contributed by atoms with E-state index in [0.717, 1.165) is 12.7 Å². The maximum absolute atomic E-state index is 11.2. The molecule has 1 saturated heterocycles. The summed E-state index contributed by atoms with van der Waals surface area (Å²) in [7, 11) is 0.942. The summed E-state index contributed by atoms with van der Waals surface area (Å²) < 4.78 is 23.4. The number of rotatable bonds is 6. The minimum absolute atomic E-state index is 0.468. The number of ether oxygens (including phenoxy) is 2. The van der Waals surface area contributed by atoms with Gasteiger partial charge in [-0.1, -0.05) is 6.92 Å². The van der Waals surface area contributed by atoms with E-state index in [-0.39, 0.29) is 0 Å². The van der Waals surface area contributed by atoms with E-state index in [1.54, 1.807) is 19.2 Å². The predicted molar refractivity (Wildman–Crippen MR) is 89.9 cm³/mol. The van der Waals surface area contributed by atoms with E-state index in [4.69, 9.17) is 18.8 Å². The Balaban J connectivity index is 2.49. The van der Waals surface area contributed by atoms with Gasteiger partial charge in [0.25, 0.3) is 0 Å². The maximum atomic E-state index is 11.2. The van der Waals surface area contributed by atoms with Gasteiger partial charge in [-0.25, -0.2) is 0 Å². The average Bonchev–Trinajstić information content (AvgIpc) is 2.72. The van der Waals surface area contributed by atoms with Crippen molar-refractivity contribution in [3.63, 3.8) is 0 Å². The standard InChI is InChI=1S/C17H25BO5/c1-7-8-21-15-13(9-12(11-19)10-14(15)20-6)18-22-16(2,3)17(4,5)23-18/h9-11H,7-8H2,1-6H3. The number of carbonyl (C=O) groups excluding carboxylic acids is 1. The SMILES string of the molecule is CCCOc1c(OC)cc(C=O)cc1B1OC(C)(C)C(C)(C)O1. The second-order valence-electron chi connectivity index (χ2n) is 6.70. The van der Waals surface area contributed by atoms with Gasteiger partial charge in [-0.05, 0) is 46.2 Å². The molecule has 0 amide bonds. The molecular formula is C17H25BO5. The highest BCUT2D eigenvalue weighted by Crippen LogP contribution is 2.38. The molecule has 6 heteroatoms. The van der Waals surface area contributed by atoms with E-state index in [1.165, 1.54) is 0 Å². The lowest BCUT2D eigenvalue weighted by molar-refractivity contribution is 0.00578. The van der Waals surface area contributed by atoms with Crippen molar-refractivity contribution in [1.82, 2.24) is 0 Å². The van der Waals surface area contributed by atoms with E-state index >= 15 is 0 Å². The summed E-state index contributed by atoms with van der Waals surface area (Å²) in [4.78, 5) is 11.2. The van der Waals surface area contributed by atoms with Gasteiger partial charge in [0.15, 0.2) is 11.5 Å². The Labute approximate surface area is 138 Å². The van der Waals surface area contributed by atoms with Crippen molar-refractivity contribution in [1.29, 1.82) is 0 Å². The second-order valence-corrected chi connectivity index (χ2v) is 6.70. The molecule has 0 aliphatic carbocycles. The first-order valence-corrected chi connectivity index (χ1v) is 7.91. The van der Waals surface area contributed by atoms with Crippen molar-refractivity contribution >= 4 is 18.9 Å². The summed E-state index contributed by atoms with van der Waals surface area (Å²) in [5.41, 5.74) is 0.239. The van der Waals surface area contributed by atoms with Crippen LogP contribution in [-0.2, 0) is 9.31 Å². The summed E-state index contributed by atoms with van der Waals surface area (Å²) in [6, 6.07) is 3.40. The zero-order chi connectivity index (χ0) is 17.3. The highest BCUT2D eigenvalue weighted by atomic mass is 16.7. The number of hydrogen-bond donors (Lipinski definition) is 0. The molecule has 1 heterocycles. The molecule has 23 heavy (non-hydrogen) atoms. The van der Waals surface area contributed by atoms with Crippen molar-refractivity contribution in [2.24, 2.45) is 0 Å². The van der Waals surface area contributed by atoms with Gasteiger partial charge in [0.2, 0.25) is 0 Å². The first kappa shape index (κ1) is 17.8. The third-order valence-corrected chi connectivity index (χ3v) is 4.42.